The lowest BCUT2D eigenvalue weighted by Gasteiger charge is -2.29. The summed E-state index contributed by atoms with van der Waals surface area (Å²) in [6.45, 7) is 1.88. The highest BCUT2D eigenvalue weighted by Crippen LogP contribution is 2.23. The molecule has 2 amide bonds. The molecule has 138 valence electrons. The number of carbonyl (C=O) groups excluding carboxylic acids is 2. The quantitative estimate of drug-likeness (QED) is 0.765. The molecule has 0 radical (unpaired) electrons. The predicted molar refractivity (Wildman–Crippen MR) is 106 cm³/mol. The summed E-state index contributed by atoms with van der Waals surface area (Å²) in [7, 11) is 1.54. The number of amides is 2. The van der Waals surface area contributed by atoms with E-state index in [1.807, 2.05) is 6.07 Å². The van der Waals surface area contributed by atoms with Gasteiger partial charge in [0.15, 0.2) is 0 Å². The number of likely N-dealkylation sites (N-methyl/N-ethyl adjacent to an activating group) is 1. The summed E-state index contributed by atoms with van der Waals surface area (Å²) < 4.78 is 0. The first kappa shape index (κ1) is 20.6. The van der Waals surface area contributed by atoms with Crippen molar-refractivity contribution in [2.45, 2.75) is 25.9 Å². The van der Waals surface area contributed by atoms with Crippen LogP contribution in [0.4, 0.5) is 0 Å². The van der Waals surface area contributed by atoms with Crippen molar-refractivity contribution in [2.75, 3.05) is 7.05 Å². The van der Waals surface area contributed by atoms with E-state index in [0.29, 0.717) is 20.6 Å². The van der Waals surface area contributed by atoms with Crippen molar-refractivity contribution in [2.24, 2.45) is 0 Å². The maximum absolute atomic E-state index is 12.9. The van der Waals surface area contributed by atoms with E-state index in [2.05, 4.69) is 5.32 Å². The lowest BCUT2D eigenvalue weighted by molar-refractivity contribution is -0.139. The van der Waals surface area contributed by atoms with Gasteiger partial charge in [0.1, 0.15) is 6.04 Å². The highest BCUT2D eigenvalue weighted by atomic mass is 35.5. The normalized spacial score (nSPS) is 11.7. The molecule has 0 unspecified atom stereocenters. The highest BCUT2D eigenvalue weighted by molar-refractivity contribution is 6.35. The maximum atomic E-state index is 12.9. The molecule has 0 heterocycles. The second kappa shape index (κ2) is 9.26. The van der Waals surface area contributed by atoms with Crippen LogP contribution in [0, 0.1) is 0 Å². The zero-order valence-corrected chi connectivity index (χ0v) is 16.7. The average molecular weight is 414 g/mol. The van der Waals surface area contributed by atoms with E-state index < -0.39 is 6.04 Å². The fourth-order valence-electron chi connectivity index (χ4n) is 2.55. The van der Waals surface area contributed by atoms with Gasteiger partial charge in [-0.2, -0.15) is 0 Å². The number of nitrogens with one attached hydrogen (secondary N) is 1. The number of hydrogen-bond donors (Lipinski definition) is 1. The van der Waals surface area contributed by atoms with E-state index in [1.165, 1.54) is 11.9 Å². The van der Waals surface area contributed by atoms with Gasteiger partial charge in [-0.1, -0.05) is 53.0 Å². The van der Waals surface area contributed by atoms with Gasteiger partial charge >= 0.3 is 0 Å². The van der Waals surface area contributed by atoms with Gasteiger partial charge in [-0.05, 0) is 42.3 Å². The van der Waals surface area contributed by atoms with Crippen molar-refractivity contribution in [3.05, 3.63) is 68.7 Å². The Morgan fingerprint density at radius 1 is 1.08 bits per heavy atom. The summed E-state index contributed by atoms with van der Waals surface area (Å²) in [6.07, 6.45) is 0.132. The van der Waals surface area contributed by atoms with Gasteiger partial charge in [-0.25, -0.2) is 0 Å². The molecule has 2 aromatic rings. The molecule has 0 aliphatic rings. The van der Waals surface area contributed by atoms with Crippen LogP contribution in [0.25, 0.3) is 0 Å². The third-order valence-corrected chi connectivity index (χ3v) is 4.84. The van der Waals surface area contributed by atoms with Crippen molar-refractivity contribution in [1.29, 1.82) is 0 Å². The molecule has 0 saturated heterocycles. The van der Waals surface area contributed by atoms with E-state index in [1.54, 1.807) is 43.3 Å². The highest BCUT2D eigenvalue weighted by Gasteiger charge is 2.26. The predicted octanol–water partition coefficient (Wildman–Crippen LogP) is 4.35. The Bertz CT molecular complexity index is 811. The monoisotopic (exact) mass is 412 g/mol. The Morgan fingerprint density at radius 2 is 1.77 bits per heavy atom. The molecule has 7 heteroatoms. The third kappa shape index (κ3) is 5.37. The van der Waals surface area contributed by atoms with Crippen molar-refractivity contribution in [3.8, 4) is 0 Å². The van der Waals surface area contributed by atoms with Gasteiger partial charge in [0.05, 0.1) is 6.42 Å². The molecule has 0 bridgehead atoms. The fourth-order valence-corrected chi connectivity index (χ4v) is 3.23. The van der Waals surface area contributed by atoms with Crippen LogP contribution in [0.1, 0.15) is 18.1 Å². The first-order valence-corrected chi connectivity index (χ1v) is 9.14. The largest absolute Gasteiger partial charge is 0.357 e. The summed E-state index contributed by atoms with van der Waals surface area (Å²) in [5.74, 6) is -0.455. The molecule has 2 aromatic carbocycles. The van der Waals surface area contributed by atoms with Crippen LogP contribution in [-0.2, 0) is 22.6 Å². The molecular formula is C19H19Cl3N2O2. The summed E-state index contributed by atoms with van der Waals surface area (Å²) in [6, 6.07) is 11.5. The lowest BCUT2D eigenvalue weighted by atomic mass is 10.1. The summed E-state index contributed by atoms with van der Waals surface area (Å²) >= 11 is 18.2. The zero-order chi connectivity index (χ0) is 19.3. The number of rotatable bonds is 6. The molecule has 2 rings (SSSR count). The molecule has 1 N–H and O–H groups in total. The Hall–Kier alpha value is -1.75. The van der Waals surface area contributed by atoms with E-state index in [0.717, 1.165) is 5.56 Å². The minimum absolute atomic E-state index is 0.132. The topological polar surface area (TPSA) is 49.4 Å². The Labute approximate surface area is 168 Å². The summed E-state index contributed by atoms with van der Waals surface area (Å²) in [5, 5.41) is 4.09. The molecular weight excluding hydrogens is 395 g/mol. The zero-order valence-electron chi connectivity index (χ0n) is 14.4. The van der Waals surface area contributed by atoms with Crippen LogP contribution in [0.5, 0.6) is 0 Å². The average Bonchev–Trinajstić information content (AvgIpc) is 2.59. The van der Waals surface area contributed by atoms with Gasteiger partial charge in [0, 0.05) is 28.7 Å². The third-order valence-electron chi connectivity index (χ3n) is 4.01. The molecule has 0 aliphatic heterocycles. The van der Waals surface area contributed by atoms with Crippen molar-refractivity contribution in [3.63, 3.8) is 0 Å². The Balaban J connectivity index is 2.27. The maximum Gasteiger partial charge on any atom is 0.242 e. The molecule has 0 aromatic heterocycles. The molecule has 0 aliphatic carbocycles. The van der Waals surface area contributed by atoms with Crippen LogP contribution >= 0.6 is 34.8 Å². The SMILES string of the molecule is CNC(=O)[C@H](C)N(Cc1ccc(Cl)cc1Cl)C(=O)Cc1cccc(Cl)c1. The van der Waals surface area contributed by atoms with Crippen LogP contribution in [-0.4, -0.2) is 29.8 Å². The van der Waals surface area contributed by atoms with E-state index in [4.69, 9.17) is 34.8 Å². The lowest BCUT2D eigenvalue weighted by Crippen LogP contribution is -2.47. The fraction of sp³-hybridized carbons (Fsp3) is 0.263. The number of halogens is 3. The van der Waals surface area contributed by atoms with Crippen LogP contribution in [0.3, 0.4) is 0 Å². The van der Waals surface area contributed by atoms with E-state index in [-0.39, 0.29) is 24.8 Å². The molecule has 4 nitrogen and oxygen atoms in total. The van der Waals surface area contributed by atoms with E-state index in [9.17, 15) is 9.59 Å². The Kier molecular flexibility index (Phi) is 7.33. The minimum Gasteiger partial charge on any atom is -0.357 e. The number of benzene rings is 2. The first-order chi connectivity index (χ1) is 12.3. The van der Waals surface area contributed by atoms with Gasteiger partial charge in [0.25, 0.3) is 0 Å². The van der Waals surface area contributed by atoms with Crippen LogP contribution in [0.2, 0.25) is 15.1 Å². The van der Waals surface area contributed by atoms with E-state index >= 15 is 0 Å². The second-order valence-corrected chi connectivity index (χ2v) is 7.13. The van der Waals surface area contributed by atoms with Gasteiger partial charge in [-0.15, -0.1) is 0 Å². The van der Waals surface area contributed by atoms with Gasteiger partial charge in [0.2, 0.25) is 11.8 Å². The van der Waals surface area contributed by atoms with Crippen molar-refractivity contribution in [1.82, 2.24) is 10.2 Å². The number of carbonyl (C=O) groups is 2. The number of nitrogens with zero attached hydrogens (tertiary/aromatic N) is 1. The van der Waals surface area contributed by atoms with Crippen LogP contribution < -0.4 is 5.32 Å². The standard InChI is InChI=1S/C19H19Cl3N2O2/c1-12(19(26)23-2)24(11-14-6-7-16(21)10-17(14)22)18(25)9-13-4-3-5-15(20)8-13/h3-8,10,12H,9,11H2,1-2H3,(H,23,26)/t12-/m0/s1. The molecule has 0 saturated carbocycles. The molecule has 1 atom stereocenters. The van der Waals surface area contributed by atoms with Crippen molar-refractivity contribution < 1.29 is 9.59 Å². The molecule has 0 fully saturated rings. The number of hydrogen-bond acceptors (Lipinski definition) is 2. The summed E-state index contributed by atoms with van der Waals surface area (Å²) in [5.41, 5.74) is 1.49. The molecule has 0 spiro atoms. The molecule has 26 heavy (non-hydrogen) atoms. The van der Waals surface area contributed by atoms with Gasteiger partial charge in [-0.3, -0.25) is 9.59 Å². The van der Waals surface area contributed by atoms with Crippen LogP contribution in [0.15, 0.2) is 42.5 Å². The van der Waals surface area contributed by atoms with Gasteiger partial charge < -0.3 is 10.2 Å². The smallest absolute Gasteiger partial charge is 0.242 e. The minimum atomic E-state index is -0.654. The first-order valence-electron chi connectivity index (χ1n) is 8.01. The summed E-state index contributed by atoms with van der Waals surface area (Å²) in [4.78, 5) is 26.5. The second-order valence-electron chi connectivity index (χ2n) is 5.85. The Morgan fingerprint density at radius 3 is 2.38 bits per heavy atom. The van der Waals surface area contributed by atoms with Crippen molar-refractivity contribution >= 4 is 46.6 Å².